The van der Waals surface area contributed by atoms with Gasteiger partial charge in [0.15, 0.2) is 11.4 Å². The number of carbonyl (C=O) groups excluding carboxylic acids is 1. The largest absolute Gasteiger partial charge is 0.459 e. The van der Waals surface area contributed by atoms with Crippen LogP contribution in [0.15, 0.2) is 27.4 Å². The van der Waals surface area contributed by atoms with Crippen molar-refractivity contribution in [2.75, 3.05) is 5.32 Å². The number of nitrogens with one attached hydrogen (secondary N) is 3. The van der Waals surface area contributed by atoms with Gasteiger partial charge in [0.1, 0.15) is 29.8 Å². The van der Waals surface area contributed by atoms with Crippen LogP contribution >= 0.6 is 0 Å². The standard InChI is InChI=1S/C19H21N7O3/c1-10(2)17-18-12(7-13(29-18)11-3-4-11)19(28)25(24-17)8-16(27)22-15-6-5-14(21)26(9-20)23-15/h5-7,9-11,20-21H,3-4,8H2,1-2H3,(H,22,23,27). The third-order valence-corrected chi connectivity index (χ3v) is 4.75. The Morgan fingerprint density at radius 2 is 2.14 bits per heavy atom. The Morgan fingerprint density at radius 3 is 2.79 bits per heavy atom. The van der Waals surface area contributed by atoms with Gasteiger partial charge in [-0.15, -0.1) is 5.10 Å². The van der Waals surface area contributed by atoms with Gasteiger partial charge in [-0.05, 0) is 31.0 Å². The van der Waals surface area contributed by atoms with Crippen molar-refractivity contribution in [2.45, 2.75) is 45.1 Å². The smallest absolute Gasteiger partial charge is 0.278 e. The van der Waals surface area contributed by atoms with Crippen LogP contribution in [0, 0.1) is 10.8 Å². The maximum absolute atomic E-state index is 12.9. The zero-order valence-corrected chi connectivity index (χ0v) is 16.1. The summed E-state index contributed by atoms with van der Waals surface area (Å²) in [5, 5.41) is 26.2. The number of hydrogen-bond donors (Lipinski definition) is 3. The van der Waals surface area contributed by atoms with Gasteiger partial charge in [0.25, 0.3) is 5.56 Å². The lowest BCUT2D eigenvalue weighted by atomic mass is 10.1. The predicted molar refractivity (Wildman–Crippen MR) is 105 cm³/mol. The number of furan rings is 1. The van der Waals surface area contributed by atoms with Crippen LogP contribution in [-0.2, 0) is 11.3 Å². The number of fused-ring (bicyclic) bond motifs is 1. The highest BCUT2D eigenvalue weighted by Gasteiger charge is 2.29. The molecule has 10 nitrogen and oxygen atoms in total. The maximum Gasteiger partial charge on any atom is 0.278 e. The van der Waals surface area contributed by atoms with Crippen molar-refractivity contribution >= 4 is 29.0 Å². The maximum atomic E-state index is 12.9. The molecule has 0 spiro atoms. The number of rotatable bonds is 6. The Balaban J connectivity index is 1.65. The third-order valence-electron chi connectivity index (χ3n) is 4.75. The number of amides is 1. The molecule has 0 atom stereocenters. The van der Waals surface area contributed by atoms with Gasteiger partial charge < -0.3 is 9.73 Å². The zero-order valence-electron chi connectivity index (χ0n) is 16.1. The van der Waals surface area contributed by atoms with E-state index in [0.717, 1.165) is 34.3 Å². The van der Waals surface area contributed by atoms with Crippen molar-refractivity contribution in [1.29, 1.82) is 10.8 Å². The normalized spacial score (nSPS) is 13.8. The number of nitrogens with zero attached hydrogens (tertiary/aromatic N) is 4. The lowest BCUT2D eigenvalue weighted by molar-refractivity contribution is -0.117. The number of aromatic nitrogens is 4. The van der Waals surface area contributed by atoms with Crippen molar-refractivity contribution < 1.29 is 9.21 Å². The van der Waals surface area contributed by atoms with E-state index >= 15 is 0 Å². The summed E-state index contributed by atoms with van der Waals surface area (Å²) in [5.74, 6) is 0.876. The molecule has 0 aromatic carbocycles. The average molecular weight is 395 g/mol. The highest BCUT2D eigenvalue weighted by Crippen LogP contribution is 2.42. The minimum atomic E-state index is -0.485. The highest BCUT2D eigenvalue weighted by atomic mass is 16.3. The van der Waals surface area contributed by atoms with Gasteiger partial charge in [-0.25, -0.2) is 9.36 Å². The van der Waals surface area contributed by atoms with E-state index in [1.54, 1.807) is 6.07 Å². The molecule has 0 unspecified atom stereocenters. The molecule has 3 N–H and O–H groups in total. The molecule has 1 amide bonds. The predicted octanol–water partition coefficient (Wildman–Crippen LogP) is 1.76. The summed E-state index contributed by atoms with van der Waals surface area (Å²) in [7, 11) is 0. The Morgan fingerprint density at radius 1 is 1.38 bits per heavy atom. The molecule has 1 fully saturated rings. The fraction of sp³-hybridized carbons (Fsp3) is 0.368. The molecule has 1 saturated carbocycles. The van der Waals surface area contributed by atoms with Gasteiger partial charge >= 0.3 is 0 Å². The molecule has 3 aromatic heterocycles. The monoisotopic (exact) mass is 395 g/mol. The van der Waals surface area contributed by atoms with Crippen LogP contribution in [0.2, 0.25) is 0 Å². The fourth-order valence-corrected chi connectivity index (χ4v) is 3.09. The van der Waals surface area contributed by atoms with Crippen LogP contribution in [0.3, 0.4) is 0 Å². The second kappa shape index (κ2) is 7.12. The Hall–Kier alpha value is -3.56. The summed E-state index contributed by atoms with van der Waals surface area (Å²) in [6.45, 7) is 3.63. The average Bonchev–Trinajstić information content (AvgIpc) is 3.44. The quantitative estimate of drug-likeness (QED) is 0.430. The van der Waals surface area contributed by atoms with Gasteiger partial charge in [-0.2, -0.15) is 5.10 Å². The molecular weight excluding hydrogens is 374 g/mol. The topological polar surface area (TPSA) is 143 Å². The van der Waals surface area contributed by atoms with Gasteiger partial charge in [0.05, 0.1) is 5.39 Å². The second-order valence-corrected chi connectivity index (χ2v) is 7.39. The highest BCUT2D eigenvalue weighted by molar-refractivity contribution is 5.89. The summed E-state index contributed by atoms with van der Waals surface area (Å²) in [4.78, 5) is 25.4. The molecule has 0 saturated heterocycles. The molecule has 1 aliphatic carbocycles. The molecule has 3 aromatic rings. The molecule has 3 heterocycles. The van der Waals surface area contributed by atoms with Crippen LogP contribution < -0.4 is 16.4 Å². The molecular formula is C19H21N7O3. The van der Waals surface area contributed by atoms with E-state index < -0.39 is 5.91 Å². The van der Waals surface area contributed by atoms with Crippen molar-refractivity contribution in [3.05, 3.63) is 45.5 Å². The first-order chi connectivity index (χ1) is 13.9. The SMILES string of the molecule is CC(C)c1nn(CC(=O)Nc2ccc(=N)n(C=N)n2)c(=O)c2cc(C3CC3)oc12. The van der Waals surface area contributed by atoms with Crippen molar-refractivity contribution in [1.82, 2.24) is 19.6 Å². The van der Waals surface area contributed by atoms with E-state index in [0.29, 0.717) is 22.6 Å². The molecule has 150 valence electrons. The molecule has 0 radical (unpaired) electrons. The first-order valence-corrected chi connectivity index (χ1v) is 9.36. The molecule has 1 aliphatic rings. The zero-order chi connectivity index (χ0) is 20.7. The van der Waals surface area contributed by atoms with E-state index in [9.17, 15) is 9.59 Å². The minimum absolute atomic E-state index is 0.00864. The second-order valence-electron chi connectivity index (χ2n) is 7.39. The summed E-state index contributed by atoms with van der Waals surface area (Å²) in [5.41, 5.74) is 0.773. The molecule has 29 heavy (non-hydrogen) atoms. The lowest BCUT2D eigenvalue weighted by Crippen LogP contribution is -2.31. The number of carbonyl (C=O) groups is 1. The molecule has 0 aliphatic heterocycles. The number of hydrogen-bond acceptors (Lipinski definition) is 7. The van der Waals surface area contributed by atoms with E-state index in [1.165, 1.54) is 12.1 Å². The Bertz CT molecular complexity index is 1230. The number of anilines is 1. The van der Waals surface area contributed by atoms with E-state index in [-0.39, 0.29) is 29.3 Å². The van der Waals surface area contributed by atoms with Gasteiger partial charge in [0.2, 0.25) is 5.91 Å². The summed E-state index contributed by atoms with van der Waals surface area (Å²) in [6, 6.07) is 4.64. The molecule has 4 rings (SSSR count). The minimum Gasteiger partial charge on any atom is -0.459 e. The van der Waals surface area contributed by atoms with Crippen LogP contribution in [0.25, 0.3) is 11.0 Å². The van der Waals surface area contributed by atoms with Crippen LogP contribution in [0.1, 0.15) is 50.0 Å². The first-order valence-electron chi connectivity index (χ1n) is 9.36. The molecule has 0 bridgehead atoms. The third kappa shape index (κ3) is 3.60. The van der Waals surface area contributed by atoms with Crippen molar-refractivity contribution in [2.24, 2.45) is 0 Å². The van der Waals surface area contributed by atoms with Gasteiger partial charge in [-0.3, -0.25) is 20.4 Å². The van der Waals surface area contributed by atoms with Crippen LogP contribution in [-0.4, -0.2) is 31.8 Å². The van der Waals surface area contributed by atoms with Crippen molar-refractivity contribution in [3.63, 3.8) is 0 Å². The van der Waals surface area contributed by atoms with Crippen molar-refractivity contribution in [3.8, 4) is 0 Å². The van der Waals surface area contributed by atoms with E-state index in [4.69, 9.17) is 15.2 Å². The van der Waals surface area contributed by atoms with Crippen LogP contribution in [0.4, 0.5) is 5.82 Å². The van der Waals surface area contributed by atoms with E-state index in [2.05, 4.69) is 15.5 Å². The van der Waals surface area contributed by atoms with Gasteiger partial charge in [0, 0.05) is 11.8 Å². The Labute approximate surface area is 165 Å². The lowest BCUT2D eigenvalue weighted by Gasteiger charge is -2.10. The summed E-state index contributed by atoms with van der Waals surface area (Å²) >= 11 is 0. The summed E-state index contributed by atoms with van der Waals surface area (Å²) < 4.78 is 8.08. The summed E-state index contributed by atoms with van der Waals surface area (Å²) in [6.07, 6.45) is 2.98. The molecule has 10 heteroatoms. The fourth-order valence-electron chi connectivity index (χ4n) is 3.09. The first kappa shape index (κ1) is 18.8. The van der Waals surface area contributed by atoms with Crippen LogP contribution in [0.5, 0.6) is 0 Å². The van der Waals surface area contributed by atoms with E-state index in [1.807, 2.05) is 13.8 Å². The Kier molecular flexibility index (Phi) is 4.61. The van der Waals surface area contributed by atoms with Gasteiger partial charge in [-0.1, -0.05) is 13.8 Å².